The zero-order valence-electron chi connectivity index (χ0n) is 16.3. The summed E-state index contributed by atoms with van der Waals surface area (Å²) in [6.45, 7) is 9.86. The summed E-state index contributed by atoms with van der Waals surface area (Å²) in [5, 5.41) is 8.73. The Kier molecular flexibility index (Phi) is 8.86. The van der Waals surface area contributed by atoms with Crippen molar-refractivity contribution in [3.05, 3.63) is 29.8 Å². The molecule has 1 saturated heterocycles. The molecule has 0 radical (unpaired) electrons. The quantitative estimate of drug-likeness (QED) is 0.311. The molecule has 1 aliphatic rings. The van der Waals surface area contributed by atoms with Crippen molar-refractivity contribution in [1.82, 2.24) is 15.5 Å². The molecule has 0 saturated carbocycles. The molecule has 0 aliphatic carbocycles. The first-order chi connectivity index (χ1) is 13.0. The van der Waals surface area contributed by atoms with E-state index in [0.717, 1.165) is 57.1 Å². The van der Waals surface area contributed by atoms with Gasteiger partial charge in [0.15, 0.2) is 5.96 Å². The molecule has 5 N–H and O–H groups in total. The summed E-state index contributed by atoms with van der Waals surface area (Å²) < 4.78 is 5.34. The Balaban J connectivity index is 1.65. The number of nitrogens with two attached hydrogens (primary N) is 1. The third-order valence-corrected chi connectivity index (χ3v) is 4.12. The van der Waals surface area contributed by atoms with Gasteiger partial charge in [0.2, 0.25) is 0 Å². The second kappa shape index (κ2) is 11.4. The molecular formula is C19H32N6O2. The predicted molar refractivity (Wildman–Crippen MR) is 109 cm³/mol. The number of benzene rings is 1. The van der Waals surface area contributed by atoms with Crippen LogP contribution >= 0.6 is 0 Å². The maximum Gasteiger partial charge on any atom is 0.319 e. The van der Waals surface area contributed by atoms with Crippen LogP contribution in [0.2, 0.25) is 0 Å². The van der Waals surface area contributed by atoms with E-state index in [-0.39, 0.29) is 12.1 Å². The Morgan fingerprint density at radius 1 is 1.26 bits per heavy atom. The van der Waals surface area contributed by atoms with Crippen molar-refractivity contribution in [2.75, 3.05) is 44.7 Å². The SMILES string of the molecule is CC(C)NC(=O)Nc1ccc(CN=C(N)NCCCN2CCOCC2)cc1. The molecule has 8 heteroatoms. The second-order valence-electron chi connectivity index (χ2n) is 6.89. The number of carbonyl (C=O) groups is 1. The number of hydrogen-bond acceptors (Lipinski definition) is 4. The normalized spacial score (nSPS) is 15.6. The van der Waals surface area contributed by atoms with Crippen LogP contribution in [0.3, 0.4) is 0 Å². The van der Waals surface area contributed by atoms with Crippen LogP contribution in [0, 0.1) is 0 Å². The molecule has 8 nitrogen and oxygen atoms in total. The standard InChI is InChI=1S/C19H32N6O2/c1-15(2)23-19(26)24-17-6-4-16(5-7-17)14-22-18(20)21-8-3-9-25-10-12-27-13-11-25/h4-7,15H,3,8-14H2,1-2H3,(H3,20,21,22)(H2,23,24,26). The molecule has 1 aliphatic heterocycles. The molecule has 2 rings (SSSR count). The third kappa shape index (κ3) is 8.74. The van der Waals surface area contributed by atoms with Crippen molar-refractivity contribution in [2.24, 2.45) is 10.7 Å². The highest BCUT2D eigenvalue weighted by Crippen LogP contribution is 2.10. The first-order valence-corrected chi connectivity index (χ1v) is 9.53. The first kappa shape index (κ1) is 21.0. The number of rotatable bonds is 8. The number of aliphatic imine (C=N–C) groups is 1. The van der Waals surface area contributed by atoms with Gasteiger partial charge in [-0.1, -0.05) is 12.1 Å². The topological polar surface area (TPSA) is 104 Å². The van der Waals surface area contributed by atoms with Crippen LogP contribution in [0.1, 0.15) is 25.8 Å². The van der Waals surface area contributed by atoms with E-state index in [1.807, 2.05) is 38.1 Å². The van der Waals surface area contributed by atoms with Gasteiger partial charge in [-0.2, -0.15) is 0 Å². The number of hydrogen-bond donors (Lipinski definition) is 4. The fourth-order valence-electron chi connectivity index (χ4n) is 2.70. The van der Waals surface area contributed by atoms with Crippen molar-refractivity contribution in [2.45, 2.75) is 32.9 Å². The second-order valence-corrected chi connectivity index (χ2v) is 6.89. The lowest BCUT2D eigenvalue weighted by Crippen LogP contribution is -2.39. The molecule has 0 spiro atoms. The van der Waals surface area contributed by atoms with Gasteiger partial charge in [0.05, 0.1) is 19.8 Å². The van der Waals surface area contributed by atoms with Crippen molar-refractivity contribution >= 4 is 17.7 Å². The average molecular weight is 377 g/mol. The zero-order chi connectivity index (χ0) is 19.5. The van der Waals surface area contributed by atoms with E-state index in [1.54, 1.807) is 0 Å². The summed E-state index contributed by atoms with van der Waals surface area (Å²) >= 11 is 0. The summed E-state index contributed by atoms with van der Waals surface area (Å²) in [6, 6.07) is 7.47. The minimum Gasteiger partial charge on any atom is -0.379 e. The molecule has 2 amide bonds. The van der Waals surface area contributed by atoms with E-state index >= 15 is 0 Å². The number of carbonyl (C=O) groups excluding carboxylic acids is 1. The molecule has 0 unspecified atom stereocenters. The van der Waals surface area contributed by atoms with Gasteiger partial charge in [0.25, 0.3) is 0 Å². The maximum absolute atomic E-state index is 11.7. The van der Waals surface area contributed by atoms with Crippen molar-refractivity contribution < 1.29 is 9.53 Å². The molecular weight excluding hydrogens is 344 g/mol. The van der Waals surface area contributed by atoms with E-state index in [9.17, 15) is 4.79 Å². The van der Waals surface area contributed by atoms with Gasteiger partial charge in [0, 0.05) is 31.4 Å². The fourth-order valence-corrected chi connectivity index (χ4v) is 2.70. The lowest BCUT2D eigenvalue weighted by atomic mass is 10.2. The van der Waals surface area contributed by atoms with Crippen LogP contribution in [-0.2, 0) is 11.3 Å². The van der Waals surface area contributed by atoms with Crippen LogP contribution in [0.4, 0.5) is 10.5 Å². The summed E-state index contributed by atoms with van der Waals surface area (Å²) in [6.07, 6.45) is 1.02. The maximum atomic E-state index is 11.7. The molecule has 150 valence electrons. The minimum atomic E-state index is -0.207. The summed E-state index contributed by atoms with van der Waals surface area (Å²) in [5.41, 5.74) is 7.70. The predicted octanol–water partition coefficient (Wildman–Crippen LogP) is 1.34. The van der Waals surface area contributed by atoms with Gasteiger partial charge < -0.3 is 26.4 Å². The zero-order valence-corrected chi connectivity index (χ0v) is 16.3. The third-order valence-electron chi connectivity index (χ3n) is 4.12. The summed E-state index contributed by atoms with van der Waals surface area (Å²) in [4.78, 5) is 18.4. The molecule has 0 atom stereocenters. The van der Waals surface area contributed by atoms with E-state index in [2.05, 4.69) is 25.8 Å². The number of ether oxygens (including phenoxy) is 1. The summed E-state index contributed by atoms with van der Waals surface area (Å²) in [5.74, 6) is 0.454. The molecule has 1 heterocycles. The molecule has 0 aromatic heterocycles. The number of nitrogens with zero attached hydrogens (tertiary/aromatic N) is 2. The van der Waals surface area contributed by atoms with E-state index < -0.39 is 0 Å². The van der Waals surface area contributed by atoms with Crippen LogP contribution < -0.4 is 21.7 Å². The average Bonchev–Trinajstić information content (AvgIpc) is 2.65. The highest BCUT2D eigenvalue weighted by Gasteiger charge is 2.09. The highest BCUT2D eigenvalue weighted by molar-refractivity contribution is 5.89. The largest absolute Gasteiger partial charge is 0.379 e. The number of urea groups is 1. The summed E-state index contributed by atoms with van der Waals surface area (Å²) in [7, 11) is 0. The minimum absolute atomic E-state index is 0.1000. The van der Waals surface area contributed by atoms with E-state index in [1.165, 1.54) is 0 Å². The molecule has 0 bridgehead atoms. The Hall–Kier alpha value is -2.32. The number of amides is 2. The van der Waals surface area contributed by atoms with Gasteiger partial charge >= 0.3 is 6.03 Å². The van der Waals surface area contributed by atoms with Gasteiger partial charge in [-0.05, 0) is 44.5 Å². The van der Waals surface area contributed by atoms with Crippen LogP contribution in [-0.4, -0.2) is 62.3 Å². The monoisotopic (exact) mass is 376 g/mol. The van der Waals surface area contributed by atoms with Crippen molar-refractivity contribution in [3.8, 4) is 0 Å². The fraction of sp³-hybridized carbons (Fsp3) is 0.579. The van der Waals surface area contributed by atoms with E-state index in [4.69, 9.17) is 10.5 Å². The lowest BCUT2D eigenvalue weighted by molar-refractivity contribution is 0.0376. The lowest BCUT2D eigenvalue weighted by Gasteiger charge is -2.26. The Morgan fingerprint density at radius 3 is 2.63 bits per heavy atom. The Labute approximate surface area is 161 Å². The van der Waals surface area contributed by atoms with E-state index in [0.29, 0.717) is 12.5 Å². The number of morpholine rings is 1. The Morgan fingerprint density at radius 2 is 1.96 bits per heavy atom. The molecule has 1 aromatic carbocycles. The van der Waals surface area contributed by atoms with Gasteiger partial charge in [-0.3, -0.25) is 4.90 Å². The number of anilines is 1. The molecule has 1 aromatic rings. The number of guanidine groups is 1. The van der Waals surface area contributed by atoms with Gasteiger partial charge in [0.1, 0.15) is 0 Å². The number of nitrogens with one attached hydrogen (secondary N) is 3. The van der Waals surface area contributed by atoms with Gasteiger partial charge in [-0.15, -0.1) is 0 Å². The van der Waals surface area contributed by atoms with Crippen molar-refractivity contribution in [3.63, 3.8) is 0 Å². The van der Waals surface area contributed by atoms with Crippen LogP contribution in [0.5, 0.6) is 0 Å². The first-order valence-electron chi connectivity index (χ1n) is 9.53. The van der Waals surface area contributed by atoms with Crippen LogP contribution in [0.15, 0.2) is 29.3 Å². The molecule has 1 fully saturated rings. The van der Waals surface area contributed by atoms with Crippen molar-refractivity contribution in [1.29, 1.82) is 0 Å². The van der Waals surface area contributed by atoms with Crippen LogP contribution in [0.25, 0.3) is 0 Å². The Bertz CT molecular complexity index is 597. The molecule has 27 heavy (non-hydrogen) atoms. The highest BCUT2D eigenvalue weighted by atomic mass is 16.5. The van der Waals surface area contributed by atoms with Gasteiger partial charge in [-0.25, -0.2) is 9.79 Å². The smallest absolute Gasteiger partial charge is 0.319 e.